The molecule has 0 radical (unpaired) electrons. The number of nitrogens with one attached hydrogen (secondary N) is 4. The van der Waals surface area contributed by atoms with E-state index in [0.717, 1.165) is 55.1 Å². The van der Waals surface area contributed by atoms with Gasteiger partial charge in [-0.25, -0.2) is 0 Å². The Balaban J connectivity index is 1.56. The van der Waals surface area contributed by atoms with Crippen molar-refractivity contribution in [1.29, 1.82) is 0 Å². The number of guanidine groups is 1. The number of carboxylic acids is 1. The van der Waals surface area contributed by atoms with Gasteiger partial charge >= 0.3 is 5.97 Å². The van der Waals surface area contributed by atoms with Crippen molar-refractivity contribution in [2.24, 2.45) is 10.4 Å². The molecule has 3 rings (SSSR count). The summed E-state index contributed by atoms with van der Waals surface area (Å²) in [6.07, 6.45) is 2.19. The SMILES string of the molecule is CC(C)(CCC(=O)NC(Cc1ccc(-c2ccccc2)cc1)C(=O)NCCCCNC1=NCCN1)C(=O)O. The zero-order chi connectivity index (χ0) is 27.4. The van der Waals surface area contributed by atoms with Crippen molar-refractivity contribution in [3.63, 3.8) is 0 Å². The number of hydrogen-bond acceptors (Lipinski definition) is 6. The molecule has 204 valence electrons. The maximum atomic E-state index is 13.1. The first kappa shape index (κ1) is 28.7. The molecule has 1 unspecified atom stereocenters. The Labute approximate surface area is 224 Å². The van der Waals surface area contributed by atoms with Crippen LogP contribution in [0.3, 0.4) is 0 Å². The van der Waals surface area contributed by atoms with E-state index >= 15 is 0 Å². The van der Waals surface area contributed by atoms with Gasteiger partial charge in [0.1, 0.15) is 6.04 Å². The van der Waals surface area contributed by atoms with E-state index in [1.807, 2.05) is 54.6 Å². The van der Waals surface area contributed by atoms with Crippen molar-refractivity contribution in [1.82, 2.24) is 21.3 Å². The summed E-state index contributed by atoms with van der Waals surface area (Å²) in [5.41, 5.74) is 2.08. The summed E-state index contributed by atoms with van der Waals surface area (Å²) in [4.78, 5) is 41.4. The number of rotatable bonds is 14. The number of aliphatic imine (C=N–C) groups is 1. The molecule has 0 saturated heterocycles. The normalized spacial score (nSPS) is 13.7. The Hall–Kier alpha value is -3.88. The summed E-state index contributed by atoms with van der Waals surface area (Å²) < 4.78 is 0. The molecule has 9 nitrogen and oxygen atoms in total. The number of carboxylic acid groups (broad SMARTS) is 1. The van der Waals surface area contributed by atoms with Gasteiger partial charge in [0.05, 0.1) is 12.0 Å². The number of carbonyl (C=O) groups excluding carboxylic acids is 2. The molecule has 1 heterocycles. The molecule has 0 spiro atoms. The molecular formula is C29H39N5O4. The lowest BCUT2D eigenvalue weighted by molar-refractivity contribution is -0.147. The summed E-state index contributed by atoms with van der Waals surface area (Å²) in [5.74, 6) is -0.725. The predicted molar refractivity (Wildman–Crippen MR) is 149 cm³/mol. The zero-order valence-electron chi connectivity index (χ0n) is 22.3. The Morgan fingerprint density at radius 3 is 2.34 bits per heavy atom. The van der Waals surface area contributed by atoms with E-state index in [1.54, 1.807) is 13.8 Å². The first-order valence-corrected chi connectivity index (χ1v) is 13.2. The third kappa shape index (κ3) is 9.21. The van der Waals surface area contributed by atoms with Crippen LogP contribution in [0.1, 0.15) is 45.1 Å². The van der Waals surface area contributed by atoms with Crippen LogP contribution in [0.25, 0.3) is 11.1 Å². The Morgan fingerprint density at radius 1 is 1.00 bits per heavy atom. The van der Waals surface area contributed by atoms with Gasteiger partial charge in [-0.05, 0) is 49.8 Å². The lowest BCUT2D eigenvalue weighted by atomic mass is 9.88. The number of carbonyl (C=O) groups is 3. The van der Waals surface area contributed by atoms with E-state index in [1.165, 1.54) is 0 Å². The van der Waals surface area contributed by atoms with Crippen molar-refractivity contribution < 1.29 is 19.5 Å². The van der Waals surface area contributed by atoms with E-state index in [4.69, 9.17) is 0 Å². The molecular weight excluding hydrogens is 482 g/mol. The lowest BCUT2D eigenvalue weighted by Crippen LogP contribution is -2.48. The summed E-state index contributed by atoms with van der Waals surface area (Å²) in [7, 11) is 0. The summed E-state index contributed by atoms with van der Waals surface area (Å²) in [6.45, 7) is 6.07. The van der Waals surface area contributed by atoms with Crippen molar-refractivity contribution >= 4 is 23.7 Å². The van der Waals surface area contributed by atoms with Crippen LogP contribution < -0.4 is 21.3 Å². The van der Waals surface area contributed by atoms with Gasteiger partial charge in [-0.3, -0.25) is 19.4 Å². The van der Waals surface area contributed by atoms with Crippen LogP contribution in [0.15, 0.2) is 59.6 Å². The Kier molecular flexibility index (Phi) is 10.7. The maximum Gasteiger partial charge on any atom is 0.309 e. The molecule has 2 amide bonds. The van der Waals surface area contributed by atoms with Crippen LogP contribution in [0.4, 0.5) is 0 Å². The van der Waals surface area contributed by atoms with E-state index in [-0.39, 0.29) is 24.7 Å². The van der Waals surface area contributed by atoms with Crippen molar-refractivity contribution in [2.75, 3.05) is 26.2 Å². The highest BCUT2D eigenvalue weighted by molar-refractivity contribution is 5.88. The number of nitrogens with zero attached hydrogens (tertiary/aromatic N) is 1. The molecule has 0 fully saturated rings. The second-order valence-corrected chi connectivity index (χ2v) is 10.2. The smallest absolute Gasteiger partial charge is 0.309 e. The van der Waals surface area contributed by atoms with Crippen LogP contribution in [0.2, 0.25) is 0 Å². The first-order valence-electron chi connectivity index (χ1n) is 13.2. The fraction of sp³-hybridized carbons (Fsp3) is 0.448. The maximum absolute atomic E-state index is 13.1. The van der Waals surface area contributed by atoms with E-state index in [9.17, 15) is 19.5 Å². The van der Waals surface area contributed by atoms with Crippen molar-refractivity contribution in [2.45, 2.75) is 52.0 Å². The number of aliphatic carboxylic acids is 1. The van der Waals surface area contributed by atoms with Gasteiger partial charge < -0.3 is 26.4 Å². The summed E-state index contributed by atoms with van der Waals surface area (Å²) >= 11 is 0. The Bertz CT molecular complexity index is 1100. The highest BCUT2D eigenvalue weighted by atomic mass is 16.4. The average Bonchev–Trinajstić information content (AvgIpc) is 3.43. The number of hydrogen-bond donors (Lipinski definition) is 5. The molecule has 1 atom stereocenters. The third-order valence-corrected chi connectivity index (χ3v) is 6.58. The second-order valence-electron chi connectivity index (χ2n) is 10.2. The fourth-order valence-corrected chi connectivity index (χ4v) is 4.02. The minimum absolute atomic E-state index is 0.0274. The summed E-state index contributed by atoms with van der Waals surface area (Å²) in [6, 6.07) is 17.2. The standard InChI is InChI=1S/C29H39N5O4/c1-29(2,27(37)38)15-14-25(35)34-24(26(36)30-16-6-7-17-31-28-32-18-19-33-28)20-21-10-12-23(13-11-21)22-8-4-3-5-9-22/h3-5,8-13,24H,6-7,14-20H2,1-2H3,(H,30,36)(H,34,35)(H,37,38)(H2,31,32,33). The monoisotopic (exact) mass is 521 g/mol. The van der Waals surface area contributed by atoms with Crippen LogP contribution >= 0.6 is 0 Å². The molecule has 0 bridgehead atoms. The first-order chi connectivity index (χ1) is 18.2. The fourth-order valence-electron chi connectivity index (χ4n) is 4.02. The van der Waals surface area contributed by atoms with Crippen LogP contribution in [-0.4, -0.2) is 61.1 Å². The molecule has 0 aromatic heterocycles. The van der Waals surface area contributed by atoms with Crippen LogP contribution in [0.5, 0.6) is 0 Å². The highest BCUT2D eigenvalue weighted by Crippen LogP contribution is 2.23. The van der Waals surface area contributed by atoms with Gasteiger partial charge in [0.15, 0.2) is 5.96 Å². The van der Waals surface area contributed by atoms with E-state index < -0.39 is 17.4 Å². The second kappa shape index (κ2) is 14.2. The van der Waals surface area contributed by atoms with Gasteiger partial charge in [-0.2, -0.15) is 0 Å². The van der Waals surface area contributed by atoms with Crippen molar-refractivity contribution in [3.8, 4) is 11.1 Å². The molecule has 1 aliphatic rings. The third-order valence-electron chi connectivity index (χ3n) is 6.58. The molecule has 2 aromatic rings. The molecule has 0 aliphatic carbocycles. The number of amides is 2. The van der Waals surface area contributed by atoms with Gasteiger partial charge in [0, 0.05) is 32.5 Å². The van der Waals surface area contributed by atoms with Crippen molar-refractivity contribution in [3.05, 3.63) is 60.2 Å². The molecule has 1 aliphatic heterocycles. The Morgan fingerprint density at radius 2 is 1.68 bits per heavy atom. The van der Waals surface area contributed by atoms with Crippen LogP contribution in [-0.2, 0) is 20.8 Å². The number of benzene rings is 2. The molecule has 5 N–H and O–H groups in total. The minimum Gasteiger partial charge on any atom is -0.481 e. The molecule has 0 saturated carbocycles. The zero-order valence-corrected chi connectivity index (χ0v) is 22.3. The van der Waals surface area contributed by atoms with Gasteiger partial charge in [0.2, 0.25) is 11.8 Å². The summed E-state index contributed by atoms with van der Waals surface area (Å²) in [5, 5.41) is 21.5. The van der Waals surface area contributed by atoms with Crippen LogP contribution in [0, 0.1) is 5.41 Å². The number of unbranched alkanes of at least 4 members (excludes halogenated alkanes) is 1. The molecule has 9 heteroatoms. The van der Waals surface area contributed by atoms with Gasteiger partial charge in [0.25, 0.3) is 0 Å². The van der Waals surface area contributed by atoms with Gasteiger partial charge in [-0.1, -0.05) is 54.6 Å². The molecule has 38 heavy (non-hydrogen) atoms. The average molecular weight is 522 g/mol. The quantitative estimate of drug-likeness (QED) is 0.243. The predicted octanol–water partition coefficient (Wildman–Crippen LogP) is 2.72. The largest absolute Gasteiger partial charge is 0.481 e. The van der Waals surface area contributed by atoms with Gasteiger partial charge in [-0.15, -0.1) is 0 Å². The topological polar surface area (TPSA) is 132 Å². The van der Waals surface area contributed by atoms with E-state index in [2.05, 4.69) is 26.3 Å². The molecule has 2 aromatic carbocycles. The lowest BCUT2D eigenvalue weighted by Gasteiger charge is -2.21. The van der Waals surface area contributed by atoms with E-state index in [0.29, 0.717) is 13.0 Å². The minimum atomic E-state index is -1.02. The highest BCUT2D eigenvalue weighted by Gasteiger charge is 2.29.